The van der Waals surface area contributed by atoms with Crippen LogP contribution in [0.2, 0.25) is 0 Å². The summed E-state index contributed by atoms with van der Waals surface area (Å²) in [5.41, 5.74) is 2.46. The van der Waals surface area contributed by atoms with E-state index in [1.807, 2.05) is 30.3 Å². The number of halogens is 1. The predicted molar refractivity (Wildman–Crippen MR) is 95.9 cm³/mol. The van der Waals surface area contributed by atoms with Crippen LogP contribution in [0.4, 0.5) is 4.39 Å². The van der Waals surface area contributed by atoms with Gasteiger partial charge >= 0.3 is 0 Å². The molecule has 0 aliphatic heterocycles. The van der Waals surface area contributed by atoms with Crippen molar-refractivity contribution in [1.82, 2.24) is 14.9 Å². The first-order valence-corrected chi connectivity index (χ1v) is 8.26. The topological polar surface area (TPSA) is 58.2 Å². The van der Waals surface area contributed by atoms with E-state index in [9.17, 15) is 9.18 Å². The van der Waals surface area contributed by atoms with Gasteiger partial charge in [0, 0.05) is 25.0 Å². The molecule has 0 saturated carbocycles. The van der Waals surface area contributed by atoms with Crippen LogP contribution >= 0.6 is 0 Å². The highest BCUT2D eigenvalue weighted by Gasteiger charge is 2.16. The highest BCUT2D eigenvalue weighted by molar-refractivity contribution is 5.78. The van der Waals surface area contributed by atoms with Crippen molar-refractivity contribution in [2.75, 3.05) is 7.11 Å². The lowest BCUT2D eigenvalue weighted by Crippen LogP contribution is -2.31. The number of H-pyrrole nitrogens is 1. The summed E-state index contributed by atoms with van der Waals surface area (Å²) in [6.45, 7) is 0.754. The number of rotatable bonds is 7. The fourth-order valence-electron chi connectivity index (χ4n) is 2.70. The van der Waals surface area contributed by atoms with Gasteiger partial charge in [0.1, 0.15) is 11.6 Å². The smallest absolute Gasteiger partial charge is 0.229 e. The second kappa shape index (κ2) is 8.29. The summed E-state index contributed by atoms with van der Waals surface area (Å²) in [6.07, 6.45) is 3.39. The molecule has 0 aliphatic rings. The Morgan fingerprint density at radius 1 is 1.15 bits per heavy atom. The molecule has 3 aromatic rings. The third kappa shape index (κ3) is 4.69. The molecule has 6 heteroatoms. The van der Waals surface area contributed by atoms with Crippen molar-refractivity contribution >= 4 is 5.91 Å². The molecular weight excluding hydrogens is 333 g/mol. The molecule has 0 saturated heterocycles. The molecule has 134 valence electrons. The van der Waals surface area contributed by atoms with Gasteiger partial charge in [0.15, 0.2) is 0 Å². The molecule has 5 nitrogen and oxygen atoms in total. The summed E-state index contributed by atoms with van der Waals surface area (Å²) in [7, 11) is 1.61. The Labute approximate surface area is 151 Å². The van der Waals surface area contributed by atoms with Crippen LogP contribution in [0.5, 0.6) is 5.75 Å². The van der Waals surface area contributed by atoms with Crippen LogP contribution in [-0.2, 0) is 24.3 Å². The van der Waals surface area contributed by atoms with E-state index in [0.717, 1.165) is 22.6 Å². The first-order valence-electron chi connectivity index (χ1n) is 8.26. The highest BCUT2D eigenvalue weighted by atomic mass is 19.1. The van der Waals surface area contributed by atoms with E-state index >= 15 is 0 Å². The molecule has 2 aromatic carbocycles. The number of methoxy groups -OCH3 is 1. The minimum Gasteiger partial charge on any atom is -0.497 e. The van der Waals surface area contributed by atoms with Crippen LogP contribution in [0.1, 0.15) is 16.8 Å². The van der Waals surface area contributed by atoms with Crippen LogP contribution in [0.15, 0.2) is 61.1 Å². The quantitative estimate of drug-likeness (QED) is 0.709. The van der Waals surface area contributed by atoms with E-state index in [0.29, 0.717) is 13.1 Å². The maximum Gasteiger partial charge on any atom is 0.229 e. The van der Waals surface area contributed by atoms with E-state index in [2.05, 4.69) is 9.97 Å². The van der Waals surface area contributed by atoms with Crippen LogP contribution in [0.25, 0.3) is 0 Å². The lowest BCUT2D eigenvalue weighted by atomic mass is 10.1. The number of aromatic nitrogens is 2. The standard InChI is InChI=1S/C20H20FN3O2/c1-26-19-7-5-15(6-8-19)12-24(13-16-3-2-4-17(21)9-16)20(25)10-18-11-22-14-23-18/h2-9,11,14H,10,12-13H2,1H3,(H,22,23). The number of hydrogen-bond acceptors (Lipinski definition) is 3. The van der Waals surface area contributed by atoms with E-state index in [4.69, 9.17) is 4.74 Å². The fourth-order valence-corrected chi connectivity index (χ4v) is 2.70. The van der Waals surface area contributed by atoms with E-state index in [1.165, 1.54) is 12.1 Å². The lowest BCUT2D eigenvalue weighted by molar-refractivity contribution is -0.131. The summed E-state index contributed by atoms with van der Waals surface area (Å²) in [4.78, 5) is 21.4. The number of carbonyl (C=O) groups is 1. The number of hydrogen-bond donors (Lipinski definition) is 1. The summed E-state index contributed by atoms with van der Waals surface area (Å²) < 4.78 is 18.7. The summed E-state index contributed by atoms with van der Waals surface area (Å²) in [6, 6.07) is 13.9. The third-order valence-electron chi connectivity index (χ3n) is 4.04. The molecule has 1 N–H and O–H groups in total. The molecule has 0 fully saturated rings. The maximum atomic E-state index is 13.5. The molecule has 0 radical (unpaired) electrons. The molecule has 0 unspecified atom stereocenters. The molecule has 0 bridgehead atoms. The fraction of sp³-hybridized carbons (Fsp3) is 0.200. The minimum atomic E-state index is -0.312. The van der Waals surface area contributed by atoms with Crippen LogP contribution in [-0.4, -0.2) is 27.9 Å². The molecule has 26 heavy (non-hydrogen) atoms. The van der Waals surface area contributed by atoms with Gasteiger partial charge in [0.05, 0.1) is 19.9 Å². The van der Waals surface area contributed by atoms with Gasteiger partial charge < -0.3 is 14.6 Å². The van der Waals surface area contributed by atoms with E-state index in [1.54, 1.807) is 30.6 Å². The van der Waals surface area contributed by atoms with Gasteiger partial charge in [-0.3, -0.25) is 4.79 Å². The Hall–Kier alpha value is -3.15. The van der Waals surface area contributed by atoms with Gasteiger partial charge in [-0.15, -0.1) is 0 Å². The Balaban J connectivity index is 1.78. The van der Waals surface area contributed by atoms with Gasteiger partial charge in [0.2, 0.25) is 5.91 Å². The zero-order valence-electron chi connectivity index (χ0n) is 14.5. The van der Waals surface area contributed by atoms with Crippen LogP contribution in [0, 0.1) is 5.82 Å². The number of nitrogens with zero attached hydrogens (tertiary/aromatic N) is 2. The van der Waals surface area contributed by atoms with Gasteiger partial charge in [-0.25, -0.2) is 9.37 Å². The molecule has 1 heterocycles. The van der Waals surface area contributed by atoms with Gasteiger partial charge in [-0.05, 0) is 35.4 Å². The van der Waals surface area contributed by atoms with Gasteiger partial charge in [0.25, 0.3) is 0 Å². The van der Waals surface area contributed by atoms with E-state index < -0.39 is 0 Å². The average Bonchev–Trinajstić information content (AvgIpc) is 3.15. The monoisotopic (exact) mass is 353 g/mol. The van der Waals surface area contributed by atoms with Crippen LogP contribution < -0.4 is 4.74 Å². The van der Waals surface area contributed by atoms with Gasteiger partial charge in [-0.1, -0.05) is 24.3 Å². The predicted octanol–water partition coefficient (Wildman–Crippen LogP) is 3.33. The number of carbonyl (C=O) groups excluding carboxylic acids is 1. The first kappa shape index (κ1) is 17.7. The zero-order valence-corrected chi connectivity index (χ0v) is 14.5. The normalized spacial score (nSPS) is 10.5. The Kier molecular flexibility index (Phi) is 5.63. The Morgan fingerprint density at radius 2 is 1.92 bits per heavy atom. The Bertz CT molecular complexity index is 848. The minimum absolute atomic E-state index is 0.0608. The average molecular weight is 353 g/mol. The summed E-state index contributed by atoms with van der Waals surface area (Å²) in [5.74, 6) is 0.386. The number of imidazole rings is 1. The summed E-state index contributed by atoms with van der Waals surface area (Å²) >= 11 is 0. The maximum absolute atomic E-state index is 13.5. The third-order valence-corrected chi connectivity index (χ3v) is 4.04. The van der Waals surface area contributed by atoms with Crippen molar-refractivity contribution in [3.05, 3.63) is 83.7 Å². The van der Waals surface area contributed by atoms with Crippen molar-refractivity contribution in [3.8, 4) is 5.75 Å². The zero-order chi connectivity index (χ0) is 18.4. The van der Waals surface area contributed by atoms with Crippen molar-refractivity contribution in [2.45, 2.75) is 19.5 Å². The van der Waals surface area contributed by atoms with Crippen molar-refractivity contribution in [3.63, 3.8) is 0 Å². The highest BCUT2D eigenvalue weighted by Crippen LogP contribution is 2.16. The second-order valence-electron chi connectivity index (χ2n) is 5.98. The molecule has 3 rings (SSSR count). The second-order valence-corrected chi connectivity index (χ2v) is 5.98. The van der Waals surface area contributed by atoms with Crippen molar-refractivity contribution in [2.24, 2.45) is 0 Å². The summed E-state index contributed by atoms with van der Waals surface area (Å²) in [5, 5.41) is 0. The molecule has 0 spiro atoms. The number of benzene rings is 2. The SMILES string of the molecule is COc1ccc(CN(Cc2cccc(F)c2)C(=O)Cc2cnc[nH]2)cc1. The lowest BCUT2D eigenvalue weighted by Gasteiger charge is -2.23. The van der Waals surface area contributed by atoms with Gasteiger partial charge in [-0.2, -0.15) is 0 Å². The molecule has 0 atom stereocenters. The Morgan fingerprint density at radius 3 is 2.58 bits per heavy atom. The molecular formula is C20H20FN3O2. The molecule has 1 amide bonds. The van der Waals surface area contributed by atoms with Crippen molar-refractivity contribution in [1.29, 1.82) is 0 Å². The van der Waals surface area contributed by atoms with E-state index in [-0.39, 0.29) is 18.1 Å². The number of ether oxygens (including phenoxy) is 1. The first-order chi connectivity index (χ1) is 12.6. The number of amides is 1. The largest absolute Gasteiger partial charge is 0.497 e. The number of aromatic amines is 1. The number of nitrogens with one attached hydrogen (secondary N) is 1. The van der Waals surface area contributed by atoms with Crippen molar-refractivity contribution < 1.29 is 13.9 Å². The molecule has 1 aromatic heterocycles. The molecule has 0 aliphatic carbocycles. The van der Waals surface area contributed by atoms with Crippen LogP contribution in [0.3, 0.4) is 0 Å².